The fourth-order valence-electron chi connectivity index (χ4n) is 13.6. The molecule has 3 heteroatoms. The Hall–Kier alpha value is -9.57. The monoisotopic (exact) mass is 1020 g/mol. The Bertz CT molecular complexity index is 3980. The summed E-state index contributed by atoms with van der Waals surface area (Å²) < 4.78 is 0. The molecule has 2 saturated carbocycles. The average molecular weight is 1020 g/mol. The molecule has 8 aliphatic rings. The molecule has 2 fully saturated rings. The lowest BCUT2D eigenvalue weighted by molar-refractivity contribution is 0.812. The first-order valence-electron chi connectivity index (χ1n) is 28.3. The van der Waals surface area contributed by atoms with Crippen LogP contribution in [-0.2, 0) is 10.8 Å². The minimum absolute atomic E-state index is 0.321. The molecule has 3 heterocycles. The smallest absolute Gasteiger partial charge is 0.0708 e. The van der Waals surface area contributed by atoms with Gasteiger partial charge in [-0.1, -0.05) is 243 Å². The van der Waals surface area contributed by atoms with E-state index in [9.17, 15) is 0 Å². The van der Waals surface area contributed by atoms with E-state index in [1.54, 1.807) is 0 Å². The van der Waals surface area contributed by atoms with Crippen molar-refractivity contribution >= 4 is 0 Å². The minimum Gasteiger partial charge on any atom is -0.259 e. The fourth-order valence-corrected chi connectivity index (χ4v) is 13.6. The van der Waals surface area contributed by atoms with Crippen molar-refractivity contribution in [3.8, 4) is 100 Å². The van der Waals surface area contributed by atoms with E-state index >= 15 is 0 Å². The van der Waals surface area contributed by atoms with E-state index in [1.807, 2.05) is 0 Å². The van der Waals surface area contributed by atoms with Gasteiger partial charge in [0.05, 0.1) is 27.9 Å². The fraction of sp³-hybridized carbons (Fsp3) is 0.104. The molecule has 0 amide bonds. The third-order valence-corrected chi connectivity index (χ3v) is 18.2. The molecule has 3 aromatic heterocycles. The number of hydrogen-bond donors (Lipinski definition) is 0. The lowest BCUT2D eigenvalue weighted by Crippen LogP contribution is -2.18. The lowest BCUT2D eigenvalue weighted by atomic mass is 9.82. The standard InChI is InChI=1S/C77H55N3/c1-3-13-50(14-4-1)51-23-25-52(26-24-51)71-46-73(53-15-5-2-6-16-53)78-49-72(71)64-22-12-11-21-63(64)58-44-56(61-19-9-7-17-59(61)54-27-29-74(79-47-54)76-37-31-65-66(32-38-76)67(65)33-39-76)43-57(45-58)62-20-10-8-18-60(62)55-28-30-75(80-48-55)77-40-34-68-69(35-41-77)70(68)36-42-77/h1-49,65-70H. The predicted molar refractivity (Wildman–Crippen MR) is 328 cm³/mol. The average Bonchev–Trinajstić information content (AvgIpc) is 4.55. The number of pyridine rings is 3. The molecule has 10 aromatic rings. The molecule has 0 aliphatic heterocycles. The normalized spacial score (nSPS) is 23.8. The number of aromatic nitrogens is 3. The highest BCUT2D eigenvalue weighted by Gasteiger charge is 2.50. The van der Waals surface area contributed by atoms with Crippen molar-refractivity contribution in [3.63, 3.8) is 0 Å². The second-order valence-electron chi connectivity index (χ2n) is 22.7. The van der Waals surface area contributed by atoms with E-state index in [-0.39, 0.29) is 10.8 Å². The van der Waals surface area contributed by atoms with Gasteiger partial charge in [0.25, 0.3) is 0 Å². The van der Waals surface area contributed by atoms with Crippen molar-refractivity contribution in [2.45, 2.75) is 10.8 Å². The summed E-state index contributed by atoms with van der Waals surface area (Å²) in [6.45, 7) is 0. The van der Waals surface area contributed by atoms with E-state index < -0.39 is 0 Å². The summed E-state index contributed by atoms with van der Waals surface area (Å²) in [5.74, 6) is 3.72. The Morgan fingerprint density at radius 1 is 0.225 bits per heavy atom. The Kier molecular flexibility index (Phi) is 10.8. The number of rotatable bonds is 11. The van der Waals surface area contributed by atoms with Gasteiger partial charge in [-0.3, -0.25) is 15.0 Å². The SMILES string of the molecule is C1=CC2(c3ccc(-c4ccccc4-c4cc(-c5ccccc5-c5ccc(C67C=CC8C(C=C6)C8C=C7)nc5)cc(-c5ccccc5-c5cnc(-c6ccccc6)cc5-c5ccc(-c6ccccc6)cc5)c4)cn3)C=CC3C1C3C=C2. The molecule has 7 aromatic carbocycles. The second kappa shape index (κ2) is 18.5. The first-order valence-corrected chi connectivity index (χ1v) is 28.3. The summed E-state index contributed by atoms with van der Waals surface area (Å²) in [5, 5.41) is 0. The summed E-state index contributed by atoms with van der Waals surface area (Å²) in [6, 6.07) is 75.0. The Balaban J connectivity index is 0.847. The third kappa shape index (κ3) is 7.90. The Labute approximate surface area is 468 Å². The first-order chi connectivity index (χ1) is 39.5. The van der Waals surface area contributed by atoms with Crippen LogP contribution in [0.25, 0.3) is 100 Å². The topological polar surface area (TPSA) is 38.7 Å². The van der Waals surface area contributed by atoms with Crippen LogP contribution in [0, 0.1) is 35.5 Å². The maximum Gasteiger partial charge on any atom is 0.0708 e. The summed E-state index contributed by atoms with van der Waals surface area (Å²) in [7, 11) is 0. The van der Waals surface area contributed by atoms with E-state index in [1.165, 1.54) is 11.1 Å². The van der Waals surface area contributed by atoms with Gasteiger partial charge in [-0.2, -0.15) is 0 Å². The number of benzene rings is 7. The Morgan fingerprint density at radius 3 is 0.975 bits per heavy atom. The molecule has 378 valence electrons. The summed E-state index contributed by atoms with van der Waals surface area (Å²) in [6.07, 6.45) is 35.0. The third-order valence-electron chi connectivity index (χ3n) is 18.2. The van der Waals surface area contributed by atoms with Crippen LogP contribution in [0.1, 0.15) is 11.4 Å². The highest BCUT2D eigenvalue weighted by Crippen LogP contribution is 2.57. The zero-order valence-electron chi connectivity index (χ0n) is 44.1. The van der Waals surface area contributed by atoms with Crippen molar-refractivity contribution in [2.24, 2.45) is 35.5 Å². The Morgan fingerprint density at radius 2 is 0.562 bits per heavy atom. The van der Waals surface area contributed by atoms with Crippen LogP contribution in [0.3, 0.4) is 0 Å². The zero-order chi connectivity index (χ0) is 52.8. The van der Waals surface area contributed by atoms with Crippen LogP contribution in [0.5, 0.6) is 0 Å². The van der Waals surface area contributed by atoms with Gasteiger partial charge in [0.15, 0.2) is 0 Å². The van der Waals surface area contributed by atoms with Gasteiger partial charge in [-0.05, 0) is 144 Å². The van der Waals surface area contributed by atoms with E-state index in [0.717, 1.165) is 101 Å². The molecule has 80 heavy (non-hydrogen) atoms. The second-order valence-corrected chi connectivity index (χ2v) is 22.7. The van der Waals surface area contributed by atoms with Crippen molar-refractivity contribution in [3.05, 3.63) is 309 Å². The molecule has 0 radical (unpaired) electrons. The summed E-state index contributed by atoms with van der Waals surface area (Å²) in [4.78, 5) is 15.7. The van der Waals surface area contributed by atoms with E-state index in [0.29, 0.717) is 35.5 Å². The maximum absolute atomic E-state index is 5.25. The predicted octanol–water partition coefficient (Wildman–Crippen LogP) is 18.5. The van der Waals surface area contributed by atoms with Crippen LogP contribution in [0.15, 0.2) is 298 Å². The molecular weight excluding hydrogens is 967 g/mol. The highest BCUT2D eigenvalue weighted by atomic mass is 14.7. The minimum atomic E-state index is -0.321. The van der Waals surface area contributed by atoms with E-state index in [4.69, 9.17) is 15.0 Å². The van der Waals surface area contributed by atoms with Crippen LogP contribution < -0.4 is 0 Å². The molecule has 3 nitrogen and oxygen atoms in total. The van der Waals surface area contributed by atoms with Crippen LogP contribution in [0.4, 0.5) is 0 Å². The largest absolute Gasteiger partial charge is 0.259 e. The summed E-state index contributed by atoms with van der Waals surface area (Å²) in [5.41, 5.74) is 21.4. The van der Waals surface area contributed by atoms with Gasteiger partial charge in [0.1, 0.15) is 0 Å². The molecule has 8 aliphatic carbocycles. The van der Waals surface area contributed by atoms with Gasteiger partial charge in [0.2, 0.25) is 0 Å². The molecule has 0 N–H and O–H groups in total. The maximum atomic E-state index is 5.25. The number of nitrogens with zero attached hydrogens (tertiary/aromatic N) is 3. The lowest BCUT2D eigenvalue weighted by Gasteiger charge is -2.23. The quantitative estimate of drug-likeness (QED) is 0.121. The molecule has 0 spiro atoms. The zero-order valence-corrected chi connectivity index (χ0v) is 44.1. The van der Waals surface area contributed by atoms with Crippen molar-refractivity contribution < 1.29 is 0 Å². The number of hydrogen-bond acceptors (Lipinski definition) is 3. The molecule has 0 saturated heterocycles. The van der Waals surface area contributed by atoms with Crippen molar-refractivity contribution in [1.29, 1.82) is 0 Å². The highest BCUT2D eigenvalue weighted by molar-refractivity contribution is 5.97. The molecular formula is C77H55N3. The van der Waals surface area contributed by atoms with Gasteiger partial charge >= 0.3 is 0 Å². The van der Waals surface area contributed by atoms with E-state index in [2.05, 4.69) is 298 Å². The van der Waals surface area contributed by atoms with Crippen molar-refractivity contribution in [2.75, 3.05) is 0 Å². The van der Waals surface area contributed by atoms with Crippen LogP contribution >= 0.6 is 0 Å². The number of allylic oxidation sites excluding steroid dienone is 12. The molecule has 0 atom stereocenters. The van der Waals surface area contributed by atoms with Crippen LogP contribution in [-0.4, -0.2) is 15.0 Å². The van der Waals surface area contributed by atoms with Crippen molar-refractivity contribution in [1.82, 2.24) is 15.0 Å². The molecule has 18 rings (SSSR count). The molecule has 0 unspecified atom stereocenters. The van der Waals surface area contributed by atoms with Gasteiger partial charge in [0, 0.05) is 40.8 Å². The van der Waals surface area contributed by atoms with Gasteiger partial charge in [-0.25, -0.2) is 0 Å². The first kappa shape index (κ1) is 46.5. The van der Waals surface area contributed by atoms with Gasteiger partial charge in [-0.15, -0.1) is 0 Å². The van der Waals surface area contributed by atoms with Crippen LogP contribution in [0.2, 0.25) is 0 Å². The summed E-state index contributed by atoms with van der Waals surface area (Å²) >= 11 is 0. The molecule has 8 bridgehead atoms. The van der Waals surface area contributed by atoms with Gasteiger partial charge < -0.3 is 0 Å².